The molecule has 0 aromatic heterocycles. The predicted molar refractivity (Wildman–Crippen MR) is 54.8 cm³/mol. The normalized spacial score (nSPS) is 26.2. The van der Waals surface area contributed by atoms with Crippen molar-refractivity contribution in [2.24, 2.45) is 0 Å². The summed E-state index contributed by atoms with van der Waals surface area (Å²) in [5, 5.41) is 9.11. The smallest absolute Gasteiger partial charge is 0.232 e. The first-order valence-corrected chi connectivity index (χ1v) is 5.82. The predicted octanol–water partition coefficient (Wildman–Crippen LogP) is 0.721. The van der Waals surface area contributed by atoms with Gasteiger partial charge in [-0.25, -0.2) is 0 Å². The van der Waals surface area contributed by atoms with Gasteiger partial charge >= 0.3 is 0 Å². The molecule has 1 N–H and O–H groups in total. The van der Waals surface area contributed by atoms with E-state index in [9.17, 15) is 4.79 Å². The number of nitrogens with zero attached hydrogens (tertiary/aromatic N) is 1. The van der Waals surface area contributed by atoms with E-state index < -0.39 is 0 Å². The Morgan fingerprint density at radius 3 is 3.00 bits per heavy atom. The zero-order valence-corrected chi connectivity index (χ0v) is 9.01. The Bertz CT molecular complexity index is 184. The number of aliphatic hydroxyl groups is 1. The third-order valence-electron chi connectivity index (χ3n) is 2.22. The van der Waals surface area contributed by atoms with Gasteiger partial charge in [0.25, 0.3) is 0 Å². The second kappa shape index (κ2) is 4.86. The monoisotopic (exact) mass is 203 g/mol. The third kappa shape index (κ3) is 3.19. The SMILES string of the molecule is CC(O)CCN1C(=O)CSCC1C. The first-order valence-electron chi connectivity index (χ1n) is 4.66. The lowest BCUT2D eigenvalue weighted by Crippen LogP contribution is -2.45. The first kappa shape index (κ1) is 10.9. The molecule has 0 aliphatic carbocycles. The Balaban J connectivity index is 2.40. The molecule has 2 unspecified atom stereocenters. The van der Waals surface area contributed by atoms with Gasteiger partial charge in [-0.2, -0.15) is 0 Å². The highest BCUT2D eigenvalue weighted by Gasteiger charge is 2.24. The van der Waals surface area contributed by atoms with Crippen LogP contribution >= 0.6 is 11.8 Å². The molecule has 0 saturated carbocycles. The van der Waals surface area contributed by atoms with Crippen molar-refractivity contribution in [3.63, 3.8) is 0 Å². The van der Waals surface area contributed by atoms with Crippen molar-refractivity contribution >= 4 is 17.7 Å². The molecule has 0 radical (unpaired) electrons. The maximum atomic E-state index is 11.4. The summed E-state index contributed by atoms with van der Waals surface area (Å²) in [5.41, 5.74) is 0. The average molecular weight is 203 g/mol. The molecule has 1 aliphatic heterocycles. The van der Waals surface area contributed by atoms with Gasteiger partial charge in [0.2, 0.25) is 5.91 Å². The molecule has 3 nitrogen and oxygen atoms in total. The standard InChI is InChI=1S/C9H17NO2S/c1-7-5-13-6-9(12)10(7)4-3-8(2)11/h7-8,11H,3-6H2,1-2H3. The summed E-state index contributed by atoms with van der Waals surface area (Å²) in [7, 11) is 0. The molecule has 1 saturated heterocycles. The van der Waals surface area contributed by atoms with Gasteiger partial charge < -0.3 is 10.0 Å². The largest absolute Gasteiger partial charge is 0.393 e. The Kier molecular flexibility index (Phi) is 4.06. The summed E-state index contributed by atoms with van der Waals surface area (Å²) in [5.74, 6) is 1.83. The van der Waals surface area contributed by atoms with E-state index in [1.54, 1.807) is 18.7 Å². The van der Waals surface area contributed by atoms with Crippen molar-refractivity contribution in [1.29, 1.82) is 0 Å². The molecule has 0 bridgehead atoms. The number of rotatable bonds is 3. The van der Waals surface area contributed by atoms with Crippen molar-refractivity contribution in [3.8, 4) is 0 Å². The van der Waals surface area contributed by atoms with Crippen molar-refractivity contribution in [1.82, 2.24) is 4.90 Å². The van der Waals surface area contributed by atoms with Crippen LogP contribution in [-0.2, 0) is 4.79 Å². The summed E-state index contributed by atoms with van der Waals surface area (Å²) >= 11 is 1.70. The Morgan fingerprint density at radius 2 is 2.46 bits per heavy atom. The summed E-state index contributed by atoms with van der Waals surface area (Å²) in [6.07, 6.45) is 0.371. The molecule has 76 valence electrons. The molecule has 4 heteroatoms. The summed E-state index contributed by atoms with van der Waals surface area (Å²) in [6, 6.07) is 0.324. The van der Waals surface area contributed by atoms with Gasteiger partial charge in [0.05, 0.1) is 11.9 Å². The fourth-order valence-corrected chi connectivity index (χ4v) is 2.39. The average Bonchev–Trinajstić information content (AvgIpc) is 2.03. The maximum Gasteiger partial charge on any atom is 0.232 e. The highest BCUT2D eigenvalue weighted by molar-refractivity contribution is 8.00. The maximum absolute atomic E-state index is 11.4. The Labute approximate surface area is 83.5 Å². The topological polar surface area (TPSA) is 40.5 Å². The van der Waals surface area contributed by atoms with E-state index in [1.165, 1.54) is 0 Å². The van der Waals surface area contributed by atoms with Crippen molar-refractivity contribution in [2.75, 3.05) is 18.1 Å². The van der Waals surface area contributed by atoms with E-state index in [4.69, 9.17) is 5.11 Å². The van der Waals surface area contributed by atoms with E-state index in [0.717, 1.165) is 5.75 Å². The Morgan fingerprint density at radius 1 is 1.77 bits per heavy atom. The number of aliphatic hydroxyl groups excluding tert-OH is 1. The summed E-state index contributed by atoms with van der Waals surface area (Å²) < 4.78 is 0. The quantitative estimate of drug-likeness (QED) is 0.735. The van der Waals surface area contributed by atoms with Gasteiger partial charge in [-0.15, -0.1) is 11.8 Å². The number of thioether (sulfide) groups is 1. The van der Waals surface area contributed by atoms with E-state index in [0.29, 0.717) is 24.8 Å². The third-order valence-corrected chi connectivity index (χ3v) is 3.39. The van der Waals surface area contributed by atoms with Gasteiger partial charge in [-0.1, -0.05) is 0 Å². The van der Waals surface area contributed by atoms with Crippen LogP contribution in [0.3, 0.4) is 0 Å². The first-order chi connectivity index (χ1) is 6.11. The molecular formula is C9H17NO2S. The van der Waals surface area contributed by atoms with Crippen LogP contribution in [0.5, 0.6) is 0 Å². The van der Waals surface area contributed by atoms with E-state index in [-0.39, 0.29) is 12.0 Å². The van der Waals surface area contributed by atoms with Gasteiger partial charge in [-0.3, -0.25) is 4.79 Å². The molecule has 13 heavy (non-hydrogen) atoms. The van der Waals surface area contributed by atoms with Crippen LogP contribution in [0.2, 0.25) is 0 Å². The summed E-state index contributed by atoms with van der Waals surface area (Å²) in [4.78, 5) is 13.3. The van der Waals surface area contributed by atoms with Crippen molar-refractivity contribution in [2.45, 2.75) is 32.4 Å². The fourth-order valence-electron chi connectivity index (χ4n) is 1.41. The number of hydrogen-bond acceptors (Lipinski definition) is 3. The van der Waals surface area contributed by atoms with E-state index >= 15 is 0 Å². The zero-order chi connectivity index (χ0) is 9.84. The second-order valence-corrected chi connectivity index (χ2v) is 4.62. The molecule has 2 atom stereocenters. The number of hydrogen-bond donors (Lipinski definition) is 1. The van der Waals surface area contributed by atoms with Gasteiger partial charge in [0.15, 0.2) is 0 Å². The lowest BCUT2D eigenvalue weighted by Gasteiger charge is -2.33. The van der Waals surface area contributed by atoms with Gasteiger partial charge in [0.1, 0.15) is 0 Å². The van der Waals surface area contributed by atoms with Gasteiger partial charge in [0, 0.05) is 18.3 Å². The molecule has 0 spiro atoms. The van der Waals surface area contributed by atoms with Gasteiger partial charge in [-0.05, 0) is 20.3 Å². The number of carbonyl (C=O) groups is 1. The van der Waals surface area contributed by atoms with Crippen LogP contribution in [0.25, 0.3) is 0 Å². The van der Waals surface area contributed by atoms with Crippen molar-refractivity contribution < 1.29 is 9.90 Å². The van der Waals surface area contributed by atoms with Crippen LogP contribution in [0.4, 0.5) is 0 Å². The second-order valence-electron chi connectivity index (χ2n) is 3.59. The molecule has 0 aromatic rings. The molecule has 1 aliphatic rings. The molecule has 1 rings (SSSR count). The highest BCUT2D eigenvalue weighted by atomic mass is 32.2. The highest BCUT2D eigenvalue weighted by Crippen LogP contribution is 2.17. The lowest BCUT2D eigenvalue weighted by atomic mass is 10.2. The zero-order valence-electron chi connectivity index (χ0n) is 8.19. The Hall–Kier alpha value is -0.220. The molecule has 1 heterocycles. The van der Waals surface area contributed by atoms with Crippen LogP contribution in [0.1, 0.15) is 20.3 Å². The summed E-state index contributed by atoms with van der Waals surface area (Å²) in [6.45, 7) is 4.51. The van der Waals surface area contributed by atoms with Crippen molar-refractivity contribution in [3.05, 3.63) is 0 Å². The van der Waals surface area contributed by atoms with E-state index in [2.05, 4.69) is 6.92 Å². The van der Waals surface area contributed by atoms with E-state index in [1.807, 2.05) is 4.90 Å². The minimum Gasteiger partial charge on any atom is -0.393 e. The van der Waals surface area contributed by atoms with Crippen LogP contribution in [0, 0.1) is 0 Å². The molecule has 1 fully saturated rings. The number of carbonyl (C=O) groups excluding carboxylic acids is 1. The molecular weight excluding hydrogens is 186 g/mol. The molecule has 0 aromatic carbocycles. The minimum atomic E-state index is -0.311. The molecule has 1 amide bonds. The van der Waals surface area contributed by atoms with Crippen LogP contribution < -0.4 is 0 Å². The van der Waals surface area contributed by atoms with Crippen LogP contribution in [0.15, 0.2) is 0 Å². The minimum absolute atomic E-state index is 0.212. The van der Waals surface area contributed by atoms with Crippen LogP contribution in [-0.4, -0.2) is 46.1 Å². The lowest BCUT2D eigenvalue weighted by molar-refractivity contribution is -0.130. The number of amides is 1. The fraction of sp³-hybridized carbons (Fsp3) is 0.889.